The van der Waals surface area contributed by atoms with Gasteiger partial charge in [-0.05, 0) is 36.4 Å². The number of aromatic nitrogens is 1. The second kappa shape index (κ2) is 6.16. The van der Waals surface area contributed by atoms with Crippen LogP contribution in [-0.2, 0) is 4.79 Å². The summed E-state index contributed by atoms with van der Waals surface area (Å²) in [7, 11) is 0. The van der Waals surface area contributed by atoms with Gasteiger partial charge in [-0.2, -0.15) is 5.26 Å². The Balaban J connectivity index is 1.88. The van der Waals surface area contributed by atoms with E-state index in [2.05, 4.69) is 10.3 Å². The molecule has 5 heteroatoms. The van der Waals surface area contributed by atoms with Crippen molar-refractivity contribution < 1.29 is 9.18 Å². The Morgan fingerprint density at radius 3 is 2.65 bits per heavy atom. The Kier molecular flexibility index (Phi) is 3.89. The van der Waals surface area contributed by atoms with E-state index in [1.54, 1.807) is 6.20 Å². The molecular formula is C18H12FN3O. The van der Waals surface area contributed by atoms with Gasteiger partial charge >= 0.3 is 0 Å². The first-order valence-corrected chi connectivity index (χ1v) is 6.92. The molecule has 3 aromatic rings. The van der Waals surface area contributed by atoms with Gasteiger partial charge in [0.25, 0.3) is 5.91 Å². The van der Waals surface area contributed by atoms with Crippen LogP contribution in [0.3, 0.4) is 0 Å². The van der Waals surface area contributed by atoms with Gasteiger partial charge in [-0.3, -0.25) is 4.79 Å². The summed E-state index contributed by atoms with van der Waals surface area (Å²) in [5.41, 5.74) is 2.08. The highest BCUT2D eigenvalue weighted by Crippen LogP contribution is 2.20. The molecule has 0 fully saturated rings. The summed E-state index contributed by atoms with van der Waals surface area (Å²) in [6.07, 6.45) is 3.27. The van der Waals surface area contributed by atoms with Gasteiger partial charge in [0.05, 0.1) is 0 Å². The number of nitrogens with zero attached hydrogens (tertiary/aromatic N) is 1. The first-order chi connectivity index (χ1) is 11.2. The lowest BCUT2D eigenvalue weighted by atomic mass is 10.1. The van der Waals surface area contributed by atoms with Crippen LogP contribution in [0.15, 0.2) is 60.3 Å². The van der Waals surface area contributed by atoms with Crippen LogP contribution in [0.4, 0.5) is 10.1 Å². The number of rotatable bonds is 3. The van der Waals surface area contributed by atoms with Gasteiger partial charge in [0, 0.05) is 28.4 Å². The minimum absolute atomic E-state index is 0.0286. The fraction of sp³-hybridized carbons (Fsp3) is 0. The number of carbonyl (C=O) groups excluding carboxylic acids is 1. The van der Waals surface area contributed by atoms with Crippen molar-refractivity contribution in [2.75, 3.05) is 5.32 Å². The number of H-pyrrole nitrogens is 1. The number of benzene rings is 2. The molecule has 23 heavy (non-hydrogen) atoms. The third-order valence-corrected chi connectivity index (χ3v) is 3.39. The van der Waals surface area contributed by atoms with Crippen LogP contribution in [-0.4, -0.2) is 10.9 Å². The van der Waals surface area contributed by atoms with E-state index in [9.17, 15) is 14.4 Å². The first-order valence-electron chi connectivity index (χ1n) is 6.92. The Morgan fingerprint density at radius 2 is 1.91 bits per heavy atom. The predicted octanol–water partition coefficient (Wildman–Crippen LogP) is 3.85. The highest BCUT2D eigenvalue weighted by molar-refractivity contribution is 6.10. The van der Waals surface area contributed by atoms with Gasteiger partial charge in [0.2, 0.25) is 0 Å². The maximum Gasteiger partial charge on any atom is 0.266 e. The zero-order valence-corrected chi connectivity index (χ0v) is 12.0. The number of carbonyl (C=O) groups is 1. The van der Waals surface area contributed by atoms with Gasteiger partial charge in [-0.25, -0.2) is 4.39 Å². The second-order valence-corrected chi connectivity index (χ2v) is 4.92. The highest BCUT2D eigenvalue weighted by atomic mass is 19.1. The topological polar surface area (TPSA) is 68.7 Å². The van der Waals surface area contributed by atoms with Crippen molar-refractivity contribution in [1.29, 1.82) is 5.26 Å². The number of nitriles is 1. The van der Waals surface area contributed by atoms with Crippen LogP contribution in [0.5, 0.6) is 0 Å². The number of hydrogen-bond acceptors (Lipinski definition) is 2. The molecule has 112 valence electrons. The molecule has 0 spiro atoms. The van der Waals surface area contributed by atoms with Crippen LogP contribution in [0.25, 0.3) is 17.0 Å². The number of aromatic amines is 1. The SMILES string of the molecule is N#CC(=Cc1c[nH]c2ccccc12)C(=O)Nc1ccc(F)cc1. The van der Waals surface area contributed by atoms with Crippen molar-refractivity contribution in [3.8, 4) is 6.07 Å². The van der Waals surface area contributed by atoms with Gasteiger partial charge in [-0.1, -0.05) is 18.2 Å². The molecule has 0 atom stereocenters. The number of halogens is 1. The minimum atomic E-state index is -0.538. The number of anilines is 1. The van der Waals surface area contributed by atoms with Gasteiger partial charge in [-0.15, -0.1) is 0 Å². The van der Waals surface area contributed by atoms with Crippen LogP contribution in [0.1, 0.15) is 5.56 Å². The van der Waals surface area contributed by atoms with Crippen LogP contribution >= 0.6 is 0 Å². The number of nitrogens with one attached hydrogen (secondary N) is 2. The number of fused-ring (bicyclic) bond motifs is 1. The van der Waals surface area contributed by atoms with E-state index in [1.807, 2.05) is 30.3 Å². The van der Waals surface area contributed by atoms with Crippen molar-refractivity contribution in [2.45, 2.75) is 0 Å². The Bertz CT molecular complexity index is 933. The van der Waals surface area contributed by atoms with Gasteiger partial charge in [0.15, 0.2) is 0 Å². The van der Waals surface area contributed by atoms with E-state index in [0.717, 1.165) is 16.5 Å². The van der Waals surface area contributed by atoms with Crippen LogP contribution in [0.2, 0.25) is 0 Å². The quantitative estimate of drug-likeness (QED) is 0.570. The molecule has 1 aromatic heterocycles. The second-order valence-electron chi connectivity index (χ2n) is 4.92. The first kappa shape index (κ1) is 14.5. The maximum absolute atomic E-state index is 12.9. The number of para-hydroxylation sites is 1. The zero-order valence-electron chi connectivity index (χ0n) is 12.0. The fourth-order valence-corrected chi connectivity index (χ4v) is 2.25. The summed E-state index contributed by atoms with van der Waals surface area (Å²) >= 11 is 0. The van der Waals surface area contributed by atoms with E-state index in [0.29, 0.717) is 5.69 Å². The standard InChI is InChI=1S/C18H12FN3O/c19-14-5-7-15(8-6-14)22-18(23)12(10-20)9-13-11-21-17-4-2-1-3-16(13)17/h1-9,11,21H,(H,22,23). The number of amides is 1. The third kappa shape index (κ3) is 3.11. The van der Waals surface area contributed by atoms with E-state index in [4.69, 9.17) is 0 Å². The molecule has 2 aromatic carbocycles. The molecule has 0 aliphatic heterocycles. The molecule has 0 saturated carbocycles. The summed E-state index contributed by atoms with van der Waals surface area (Å²) < 4.78 is 12.9. The average Bonchev–Trinajstić information content (AvgIpc) is 2.97. The molecule has 0 bridgehead atoms. The molecule has 3 rings (SSSR count). The average molecular weight is 305 g/mol. The summed E-state index contributed by atoms with van der Waals surface area (Å²) in [6, 6.07) is 14.9. The van der Waals surface area contributed by atoms with Crippen molar-refractivity contribution >= 4 is 28.6 Å². The summed E-state index contributed by atoms with van der Waals surface area (Å²) in [5.74, 6) is -0.928. The van der Waals surface area contributed by atoms with Crippen LogP contribution in [0, 0.1) is 17.1 Å². The minimum Gasteiger partial charge on any atom is -0.361 e. The predicted molar refractivity (Wildman–Crippen MR) is 86.9 cm³/mol. The monoisotopic (exact) mass is 305 g/mol. The number of hydrogen-bond donors (Lipinski definition) is 2. The summed E-state index contributed by atoms with van der Waals surface area (Å²) in [5, 5.41) is 12.7. The third-order valence-electron chi connectivity index (χ3n) is 3.39. The van der Waals surface area contributed by atoms with E-state index in [1.165, 1.54) is 30.3 Å². The fourth-order valence-electron chi connectivity index (χ4n) is 2.25. The molecule has 0 radical (unpaired) electrons. The van der Waals surface area contributed by atoms with Gasteiger partial charge in [0.1, 0.15) is 17.5 Å². The normalized spacial score (nSPS) is 11.2. The van der Waals surface area contributed by atoms with Crippen LogP contribution < -0.4 is 5.32 Å². The van der Waals surface area contributed by atoms with Crippen molar-refractivity contribution in [1.82, 2.24) is 4.98 Å². The maximum atomic E-state index is 12.9. The molecule has 0 saturated heterocycles. The zero-order chi connectivity index (χ0) is 16.2. The Hall–Kier alpha value is -3.39. The Labute approximate surface area is 131 Å². The van der Waals surface area contributed by atoms with E-state index >= 15 is 0 Å². The largest absolute Gasteiger partial charge is 0.361 e. The van der Waals surface area contributed by atoms with Crippen molar-refractivity contribution in [3.63, 3.8) is 0 Å². The lowest BCUT2D eigenvalue weighted by molar-refractivity contribution is -0.112. The molecule has 0 aliphatic rings. The highest BCUT2D eigenvalue weighted by Gasteiger charge is 2.11. The Morgan fingerprint density at radius 1 is 1.17 bits per heavy atom. The molecule has 1 amide bonds. The molecule has 4 nitrogen and oxygen atoms in total. The summed E-state index contributed by atoms with van der Waals surface area (Å²) in [6.45, 7) is 0. The molecule has 2 N–H and O–H groups in total. The lowest BCUT2D eigenvalue weighted by Crippen LogP contribution is -2.13. The molecule has 1 heterocycles. The van der Waals surface area contributed by atoms with Crippen molar-refractivity contribution in [2.24, 2.45) is 0 Å². The lowest BCUT2D eigenvalue weighted by Gasteiger charge is -2.03. The molecule has 0 aliphatic carbocycles. The molecule has 0 unspecified atom stereocenters. The summed E-state index contributed by atoms with van der Waals surface area (Å²) in [4.78, 5) is 15.3. The van der Waals surface area contributed by atoms with Gasteiger partial charge < -0.3 is 10.3 Å². The molecular weight excluding hydrogens is 293 g/mol. The van der Waals surface area contributed by atoms with Crippen molar-refractivity contribution in [3.05, 3.63) is 71.7 Å². The smallest absolute Gasteiger partial charge is 0.266 e. The van der Waals surface area contributed by atoms with E-state index in [-0.39, 0.29) is 5.57 Å². The van der Waals surface area contributed by atoms with E-state index < -0.39 is 11.7 Å².